The third kappa shape index (κ3) is 3.51. The molecule has 0 spiro atoms. The molecule has 1 aromatic heterocycles. The Morgan fingerprint density at radius 3 is 2.22 bits per heavy atom. The Morgan fingerprint density at radius 2 is 1.62 bits per heavy atom. The molecule has 4 aliphatic rings. The van der Waals surface area contributed by atoms with Crippen LogP contribution in [0.5, 0.6) is 0 Å². The van der Waals surface area contributed by atoms with Gasteiger partial charge in [-0.2, -0.15) is 0 Å². The van der Waals surface area contributed by atoms with E-state index in [1.54, 1.807) is 12.5 Å². The second-order valence-electron chi connectivity index (χ2n) is 13.6. The first-order valence-corrected chi connectivity index (χ1v) is 13.8. The van der Waals surface area contributed by atoms with E-state index in [4.69, 9.17) is 13.9 Å². The van der Waals surface area contributed by atoms with Crippen molar-refractivity contribution in [3.05, 3.63) is 24.2 Å². The number of fused-ring (bicyclic) bond motifs is 5. The van der Waals surface area contributed by atoms with E-state index in [1.165, 1.54) is 13.8 Å². The molecule has 1 heterocycles. The maximum atomic E-state index is 14.0. The first kappa shape index (κ1) is 26.5. The number of hydrogen-bond acceptors (Lipinski definition) is 7. The van der Waals surface area contributed by atoms with E-state index >= 15 is 0 Å². The van der Waals surface area contributed by atoms with Crippen LogP contribution in [0.1, 0.15) is 92.1 Å². The van der Waals surface area contributed by atoms with E-state index in [1.807, 2.05) is 6.07 Å². The number of rotatable bonds is 3. The highest BCUT2D eigenvalue weighted by atomic mass is 16.5. The number of hydrogen-bond donors (Lipinski definition) is 1. The van der Waals surface area contributed by atoms with Gasteiger partial charge in [0.25, 0.3) is 0 Å². The molecule has 0 saturated heterocycles. The molecule has 0 radical (unpaired) electrons. The SMILES string of the molecule is CC(=O)O[C@@H]1C[C@H](O)[C@]2(C)[C@H]3CC[C@]4(C)[C@@H](C(=O)C[C@H]4c4ccoc4)[C@]3(C)[C@H](OC(C)=O)C[C@H]2C1(C)C. The quantitative estimate of drug-likeness (QED) is 0.563. The maximum absolute atomic E-state index is 14.0. The van der Waals surface area contributed by atoms with Gasteiger partial charge in [0.15, 0.2) is 0 Å². The summed E-state index contributed by atoms with van der Waals surface area (Å²) in [4.78, 5) is 38.4. The lowest BCUT2D eigenvalue weighted by Gasteiger charge is -2.70. The standard InChI is InChI=1S/C30H42O7/c1-16(31)36-24-14-23(34)29(6)21-8-10-28(5)19(18-9-11-35-15-18)12-20(33)26(28)30(21,7)25(37-17(2)32)13-22(29)27(24,3)4/h9,11,15,19,21-26,34H,8,10,12-14H2,1-7H3/t19-,21+,22-,23-,24+,25+,26+,28-,29+,30-/m0/s1. The van der Waals surface area contributed by atoms with E-state index in [0.717, 1.165) is 18.4 Å². The molecule has 7 nitrogen and oxygen atoms in total. The van der Waals surface area contributed by atoms with E-state index in [9.17, 15) is 19.5 Å². The summed E-state index contributed by atoms with van der Waals surface area (Å²) in [6.07, 6.45) is 4.78. The first-order chi connectivity index (χ1) is 17.2. The Hall–Kier alpha value is -2.15. The van der Waals surface area contributed by atoms with E-state index in [2.05, 4.69) is 34.6 Å². The van der Waals surface area contributed by atoms with Crippen LogP contribution in [-0.2, 0) is 23.9 Å². The molecule has 4 fully saturated rings. The van der Waals surface area contributed by atoms with Gasteiger partial charge in [-0.15, -0.1) is 0 Å². The molecule has 5 rings (SSSR count). The van der Waals surface area contributed by atoms with Gasteiger partial charge in [0, 0.05) is 48.9 Å². The third-order valence-electron chi connectivity index (χ3n) is 11.6. The summed E-state index contributed by atoms with van der Waals surface area (Å²) in [5, 5.41) is 11.8. The number of carbonyl (C=O) groups is 3. The molecule has 204 valence electrons. The summed E-state index contributed by atoms with van der Waals surface area (Å²) in [6, 6.07) is 1.96. The fraction of sp³-hybridized carbons (Fsp3) is 0.767. The minimum atomic E-state index is -0.706. The van der Waals surface area contributed by atoms with Gasteiger partial charge in [-0.1, -0.05) is 34.6 Å². The lowest BCUT2D eigenvalue weighted by Crippen LogP contribution is -2.71. The Labute approximate surface area is 219 Å². The fourth-order valence-corrected chi connectivity index (χ4v) is 10.1. The summed E-state index contributed by atoms with van der Waals surface area (Å²) in [7, 11) is 0. The van der Waals surface area contributed by atoms with Crippen LogP contribution in [0, 0.1) is 39.4 Å². The average molecular weight is 515 g/mol. The number of carbonyl (C=O) groups excluding carboxylic acids is 3. The van der Waals surface area contributed by atoms with Crippen LogP contribution in [0.15, 0.2) is 23.0 Å². The number of esters is 2. The highest BCUT2D eigenvalue weighted by Crippen LogP contribution is 2.74. The van der Waals surface area contributed by atoms with Gasteiger partial charge in [-0.25, -0.2) is 0 Å². The maximum Gasteiger partial charge on any atom is 0.302 e. The van der Waals surface area contributed by atoms with Crippen molar-refractivity contribution in [3.63, 3.8) is 0 Å². The van der Waals surface area contributed by atoms with Gasteiger partial charge in [0.2, 0.25) is 0 Å². The highest BCUT2D eigenvalue weighted by molar-refractivity contribution is 5.87. The molecule has 37 heavy (non-hydrogen) atoms. The van der Waals surface area contributed by atoms with Crippen molar-refractivity contribution in [1.82, 2.24) is 0 Å². The van der Waals surface area contributed by atoms with Crippen molar-refractivity contribution in [1.29, 1.82) is 0 Å². The first-order valence-electron chi connectivity index (χ1n) is 13.8. The van der Waals surface area contributed by atoms with Gasteiger partial charge in [-0.3, -0.25) is 14.4 Å². The summed E-state index contributed by atoms with van der Waals surface area (Å²) in [5.41, 5.74) is -0.860. The van der Waals surface area contributed by atoms with Crippen LogP contribution < -0.4 is 0 Å². The smallest absolute Gasteiger partial charge is 0.302 e. The van der Waals surface area contributed by atoms with Crippen LogP contribution in [0.3, 0.4) is 0 Å². The normalized spacial score (nSPS) is 46.4. The lowest BCUT2D eigenvalue weighted by molar-refractivity contribution is -0.279. The molecule has 10 atom stereocenters. The number of furan rings is 1. The third-order valence-corrected chi connectivity index (χ3v) is 11.6. The van der Waals surface area contributed by atoms with E-state index < -0.39 is 34.6 Å². The molecule has 1 aromatic rings. The topological polar surface area (TPSA) is 103 Å². The van der Waals surface area contributed by atoms with Crippen molar-refractivity contribution >= 4 is 17.7 Å². The minimum absolute atomic E-state index is 0.0409. The molecule has 0 aliphatic heterocycles. The van der Waals surface area contributed by atoms with E-state index in [0.29, 0.717) is 19.3 Å². The van der Waals surface area contributed by atoms with Gasteiger partial charge < -0.3 is 19.0 Å². The molecular weight excluding hydrogens is 472 g/mol. The summed E-state index contributed by atoms with van der Waals surface area (Å²) < 4.78 is 17.3. The molecule has 7 heteroatoms. The van der Waals surface area contributed by atoms with Crippen LogP contribution in [0.25, 0.3) is 0 Å². The zero-order valence-electron chi connectivity index (χ0n) is 23.2. The van der Waals surface area contributed by atoms with Crippen molar-refractivity contribution in [2.75, 3.05) is 0 Å². The largest absolute Gasteiger partial charge is 0.472 e. The van der Waals surface area contributed by atoms with Gasteiger partial charge in [0.05, 0.1) is 18.6 Å². The Bertz CT molecular complexity index is 1090. The predicted octanol–water partition coefficient (Wildman–Crippen LogP) is 5.06. The molecule has 0 unspecified atom stereocenters. The fourth-order valence-electron chi connectivity index (χ4n) is 10.1. The highest BCUT2D eigenvalue weighted by Gasteiger charge is 2.74. The van der Waals surface area contributed by atoms with Gasteiger partial charge in [-0.05, 0) is 54.1 Å². The van der Waals surface area contributed by atoms with Crippen molar-refractivity contribution in [2.24, 2.45) is 39.4 Å². The molecular formula is C30H42O7. The zero-order chi connectivity index (χ0) is 27.1. The van der Waals surface area contributed by atoms with Crippen LogP contribution in [-0.4, -0.2) is 41.1 Å². The minimum Gasteiger partial charge on any atom is -0.472 e. The second kappa shape index (κ2) is 8.42. The Kier molecular flexibility index (Phi) is 6.02. The summed E-state index contributed by atoms with van der Waals surface area (Å²) in [6.45, 7) is 13.6. The van der Waals surface area contributed by atoms with Crippen LogP contribution >= 0.6 is 0 Å². The number of Topliss-reactive ketones (excluding diaryl/α,β-unsaturated/α-hetero) is 1. The number of aliphatic hydroxyl groups is 1. The summed E-state index contributed by atoms with van der Waals surface area (Å²) >= 11 is 0. The summed E-state index contributed by atoms with van der Waals surface area (Å²) in [5.74, 6) is -0.873. The molecule has 4 saturated carbocycles. The molecule has 0 amide bonds. The van der Waals surface area contributed by atoms with Crippen molar-refractivity contribution in [3.8, 4) is 0 Å². The number of aliphatic hydroxyl groups excluding tert-OH is 1. The van der Waals surface area contributed by atoms with Gasteiger partial charge in [0.1, 0.15) is 18.0 Å². The molecule has 1 N–H and O–H groups in total. The monoisotopic (exact) mass is 514 g/mol. The zero-order valence-corrected chi connectivity index (χ0v) is 23.2. The lowest BCUT2D eigenvalue weighted by atomic mass is 9.35. The number of ether oxygens (including phenoxy) is 2. The van der Waals surface area contributed by atoms with Crippen LogP contribution in [0.2, 0.25) is 0 Å². The van der Waals surface area contributed by atoms with Crippen molar-refractivity contribution in [2.45, 2.75) is 105 Å². The Morgan fingerprint density at radius 1 is 0.973 bits per heavy atom. The molecule has 0 bridgehead atoms. The van der Waals surface area contributed by atoms with Crippen LogP contribution in [0.4, 0.5) is 0 Å². The predicted molar refractivity (Wildman–Crippen MR) is 135 cm³/mol. The van der Waals surface area contributed by atoms with E-state index in [-0.39, 0.29) is 46.8 Å². The average Bonchev–Trinajstić information content (AvgIpc) is 3.40. The molecule has 0 aromatic carbocycles. The second-order valence-corrected chi connectivity index (χ2v) is 13.6. The Balaban J connectivity index is 1.63. The molecule has 4 aliphatic carbocycles. The van der Waals surface area contributed by atoms with Gasteiger partial charge >= 0.3 is 11.9 Å². The van der Waals surface area contributed by atoms with Crippen molar-refractivity contribution < 1.29 is 33.4 Å². The number of ketones is 1.